The lowest BCUT2D eigenvalue weighted by Gasteiger charge is -2.42. The van der Waals surface area contributed by atoms with Gasteiger partial charge in [-0.25, -0.2) is 8.42 Å². The number of fused-ring (bicyclic) bond motifs is 1. The molecule has 2 aromatic carbocycles. The molecule has 4 N–H and O–H groups in total. The molecule has 0 bridgehead atoms. The monoisotopic (exact) mass is 406 g/mol. The zero-order valence-corrected chi connectivity index (χ0v) is 17.0. The van der Waals surface area contributed by atoms with E-state index in [1.54, 1.807) is 13.8 Å². The molecule has 3 rings (SSSR count). The Morgan fingerprint density at radius 2 is 1.86 bits per heavy atom. The molecular formula is C20H26N2O5S. The van der Waals surface area contributed by atoms with Crippen LogP contribution in [0.2, 0.25) is 0 Å². The van der Waals surface area contributed by atoms with E-state index in [4.69, 9.17) is 4.74 Å². The van der Waals surface area contributed by atoms with Crippen LogP contribution in [0.5, 0.6) is 11.5 Å². The fourth-order valence-electron chi connectivity index (χ4n) is 3.35. The molecule has 0 unspecified atom stereocenters. The molecule has 0 fully saturated rings. The first-order chi connectivity index (χ1) is 13.1. The second kappa shape index (κ2) is 7.62. The summed E-state index contributed by atoms with van der Waals surface area (Å²) in [7, 11) is -3.55. The van der Waals surface area contributed by atoms with Crippen LogP contribution in [0.25, 0.3) is 0 Å². The molecule has 8 heteroatoms. The first-order valence-corrected chi connectivity index (χ1v) is 10.9. The van der Waals surface area contributed by atoms with E-state index in [9.17, 15) is 18.6 Å². The minimum absolute atomic E-state index is 0.0384. The number of hydrogen-bond acceptors (Lipinski definition) is 6. The van der Waals surface area contributed by atoms with E-state index < -0.39 is 27.8 Å². The molecule has 2 aromatic rings. The van der Waals surface area contributed by atoms with Gasteiger partial charge in [0.05, 0.1) is 18.0 Å². The van der Waals surface area contributed by atoms with Gasteiger partial charge in [-0.2, -0.15) is 0 Å². The second-order valence-corrected chi connectivity index (χ2v) is 9.35. The van der Waals surface area contributed by atoms with Crippen LogP contribution in [0.1, 0.15) is 31.0 Å². The summed E-state index contributed by atoms with van der Waals surface area (Å²) in [5, 5.41) is 24.4. The highest BCUT2D eigenvalue weighted by molar-refractivity contribution is 7.92. The summed E-state index contributed by atoms with van der Waals surface area (Å²) in [5.74, 6) is 0.186. The van der Waals surface area contributed by atoms with Crippen molar-refractivity contribution in [2.75, 3.05) is 17.5 Å². The van der Waals surface area contributed by atoms with Crippen LogP contribution in [0, 0.1) is 0 Å². The molecule has 0 amide bonds. The number of rotatable bonds is 6. The Morgan fingerprint density at radius 1 is 1.18 bits per heavy atom. The summed E-state index contributed by atoms with van der Waals surface area (Å²) in [5.41, 5.74) is 0.899. The van der Waals surface area contributed by atoms with Crippen LogP contribution in [0.4, 0.5) is 5.69 Å². The largest absolute Gasteiger partial charge is 0.506 e. The molecule has 7 nitrogen and oxygen atoms in total. The molecule has 0 saturated heterocycles. The number of benzene rings is 2. The average molecular weight is 407 g/mol. The Hall–Kier alpha value is -2.29. The van der Waals surface area contributed by atoms with Crippen molar-refractivity contribution in [1.29, 1.82) is 0 Å². The highest BCUT2D eigenvalue weighted by Crippen LogP contribution is 2.44. The number of aromatic hydroxyl groups is 1. The van der Waals surface area contributed by atoms with Gasteiger partial charge in [0.25, 0.3) is 0 Å². The van der Waals surface area contributed by atoms with E-state index in [1.807, 2.05) is 30.3 Å². The fourth-order valence-corrected chi connectivity index (χ4v) is 3.91. The van der Waals surface area contributed by atoms with Gasteiger partial charge in [-0.15, -0.1) is 0 Å². The van der Waals surface area contributed by atoms with Gasteiger partial charge in [0.2, 0.25) is 10.0 Å². The molecule has 1 aliphatic rings. The van der Waals surface area contributed by atoms with Gasteiger partial charge in [-0.1, -0.05) is 30.3 Å². The van der Waals surface area contributed by atoms with Crippen molar-refractivity contribution in [2.24, 2.45) is 0 Å². The number of aliphatic hydroxyl groups excluding tert-OH is 1. The van der Waals surface area contributed by atoms with Gasteiger partial charge in [-0.05, 0) is 38.4 Å². The zero-order valence-electron chi connectivity index (χ0n) is 16.1. The van der Waals surface area contributed by atoms with E-state index in [0.717, 1.165) is 12.7 Å². The molecule has 1 aliphatic heterocycles. The van der Waals surface area contributed by atoms with Crippen molar-refractivity contribution < 1.29 is 23.4 Å². The minimum Gasteiger partial charge on any atom is -0.506 e. The quantitative estimate of drug-likeness (QED) is 0.548. The number of ether oxygens (including phenoxy) is 1. The summed E-state index contributed by atoms with van der Waals surface area (Å²) in [6.45, 7) is 4.15. The summed E-state index contributed by atoms with van der Waals surface area (Å²) in [6.07, 6.45) is 0.929. The summed E-state index contributed by atoms with van der Waals surface area (Å²) in [4.78, 5) is 0. The Morgan fingerprint density at radius 3 is 2.50 bits per heavy atom. The van der Waals surface area contributed by atoms with Gasteiger partial charge in [0.1, 0.15) is 23.2 Å². The number of phenols is 1. The van der Waals surface area contributed by atoms with Crippen molar-refractivity contribution >= 4 is 15.7 Å². The van der Waals surface area contributed by atoms with Crippen LogP contribution in [-0.2, 0) is 16.4 Å². The Bertz CT molecular complexity index is 945. The third-order valence-corrected chi connectivity index (χ3v) is 5.37. The van der Waals surface area contributed by atoms with Gasteiger partial charge in [0, 0.05) is 11.6 Å². The lowest BCUT2D eigenvalue weighted by molar-refractivity contribution is -0.0644. The van der Waals surface area contributed by atoms with Crippen molar-refractivity contribution in [3.05, 3.63) is 53.6 Å². The first-order valence-electron chi connectivity index (χ1n) is 9.06. The first kappa shape index (κ1) is 20.4. The highest BCUT2D eigenvalue weighted by Gasteiger charge is 2.43. The average Bonchev–Trinajstić information content (AvgIpc) is 2.59. The minimum atomic E-state index is -3.55. The number of aliphatic hydroxyl groups is 1. The molecule has 0 aromatic heterocycles. The van der Waals surface area contributed by atoms with E-state index in [-0.39, 0.29) is 11.4 Å². The highest BCUT2D eigenvalue weighted by atomic mass is 32.2. The SMILES string of the molecule is CC1(C)Oc2cc(NS(C)(=O)=O)c(O)cc2[C@H](NCCc2ccccc2)[C@H]1O. The topological polar surface area (TPSA) is 108 Å². The van der Waals surface area contributed by atoms with Gasteiger partial charge >= 0.3 is 0 Å². The van der Waals surface area contributed by atoms with Crippen LogP contribution in [0.3, 0.4) is 0 Å². The maximum atomic E-state index is 11.5. The predicted octanol–water partition coefficient (Wildman–Crippen LogP) is 2.17. The number of anilines is 1. The third kappa shape index (κ3) is 4.57. The molecule has 1 heterocycles. The normalized spacial score (nSPS) is 20.9. The van der Waals surface area contributed by atoms with Crippen molar-refractivity contribution in [3.63, 3.8) is 0 Å². The molecule has 2 atom stereocenters. The van der Waals surface area contributed by atoms with Gasteiger partial charge in [-0.3, -0.25) is 4.72 Å². The molecule has 0 spiro atoms. The molecule has 152 valence electrons. The van der Waals surface area contributed by atoms with Crippen LogP contribution in [-0.4, -0.2) is 43.1 Å². The molecule has 28 heavy (non-hydrogen) atoms. The van der Waals surface area contributed by atoms with Crippen molar-refractivity contribution in [3.8, 4) is 11.5 Å². The maximum Gasteiger partial charge on any atom is 0.229 e. The number of hydrogen-bond donors (Lipinski definition) is 4. The van der Waals surface area contributed by atoms with E-state index in [1.165, 1.54) is 17.7 Å². The van der Waals surface area contributed by atoms with Gasteiger partial charge < -0.3 is 20.3 Å². The Balaban J connectivity index is 1.87. The van der Waals surface area contributed by atoms with E-state index in [0.29, 0.717) is 17.9 Å². The van der Waals surface area contributed by atoms with Crippen LogP contribution < -0.4 is 14.8 Å². The Labute approximate surface area is 165 Å². The lowest BCUT2D eigenvalue weighted by atomic mass is 9.86. The van der Waals surface area contributed by atoms with Crippen LogP contribution in [0.15, 0.2) is 42.5 Å². The maximum absolute atomic E-state index is 11.5. The zero-order chi connectivity index (χ0) is 20.5. The standard InChI is InChI=1S/C20H26N2O5S/c1-20(2)19(24)18(21-10-9-13-7-5-4-6-8-13)14-11-16(23)15(12-17(14)27-20)22-28(3,25)26/h4-8,11-12,18-19,21-24H,9-10H2,1-3H3/t18-,19+/m0/s1. The van der Waals surface area contributed by atoms with E-state index >= 15 is 0 Å². The second-order valence-electron chi connectivity index (χ2n) is 7.60. The smallest absolute Gasteiger partial charge is 0.229 e. The molecule has 0 saturated carbocycles. The van der Waals surface area contributed by atoms with Crippen molar-refractivity contribution in [2.45, 2.75) is 38.0 Å². The van der Waals surface area contributed by atoms with Crippen LogP contribution >= 0.6 is 0 Å². The molecule has 0 radical (unpaired) electrons. The number of nitrogens with one attached hydrogen (secondary N) is 2. The summed E-state index contributed by atoms with van der Waals surface area (Å²) in [6, 6.07) is 12.4. The third-order valence-electron chi connectivity index (χ3n) is 4.78. The predicted molar refractivity (Wildman–Crippen MR) is 108 cm³/mol. The van der Waals surface area contributed by atoms with Gasteiger partial charge in [0.15, 0.2) is 0 Å². The Kier molecular flexibility index (Phi) is 5.56. The summed E-state index contributed by atoms with van der Waals surface area (Å²) < 4.78 is 31.2. The summed E-state index contributed by atoms with van der Waals surface area (Å²) >= 11 is 0. The number of phenolic OH excluding ortho intramolecular Hbond substituents is 1. The molecular weight excluding hydrogens is 380 g/mol. The van der Waals surface area contributed by atoms with Crippen molar-refractivity contribution in [1.82, 2.24) is 5.32 Å². The van der Waals surface area contributed by atoms with E-state index in [2.05, 4.69) is 10.0 Å². The lowest BCUT2D eigenvalue weighted by Crippen LogP contribution is -2.52. The fraction of sp³-hybridized carbons (Fsp3) is 0.400. The molecule has 0 aliphatic carbocycles. The number of sulfonamides is 1.